The largest absolute Gasteiger partial charge is 0.331 e. The van der Waals surface area contributed by atoms with Crippen LogP contribution in [0.5, 0.6) is 0 Å². The summed E-state index contributed by atoms with van der Waals surface area (Å²) < 4.78 is 0. The lowest BCUT2D eigenvalue weighted by Crippen LogP contribution is -2.37. The zero-order chi connectivity index (χ0) is 7.40. The molecular weight excluding hydrogens is 126 g/mol. The molecule has 1 atom stereocenters. The lowest BCUT2D eigenvalue weighted by Gasteiger charge is -2.30. The van der Waals surface area contributed by atoms with Crippen LogP contribution in [0.2, 0.25) is 0 Å². The van der Waals surface area contributed by atoms with Gasteiger partial charge >= 0.3 is 6.41 Å². The maximum Gasteiger partial charge on any atom is 0.312 e. The molecule has 1 aliphatic heterocycles. The van der Waals surface area contributed by atoms with Crippen molar-refractivity contribution in [2.24, 2.45) is 0 Å². The van der Waals surface area contributed by atoms with E-state index in [-0.39, 0.29) is 0 Å². The Morgan fingerprint density at radius 3 is 2.90 bits per heavy atom. The highest BCUT2D eigenvalue weighted by molar-refractivity contribution is 5.48. The van der Waals surface area contributed by atoms with Gasteiger partial charge in [-0.3, -0.25) is 4.79 Å². The van der Waals surface area contributed by atoms with E-state index in [0.29, 0.717) is 6.04 Å². The average molecular weight is 140 g/mol. The second kappa shape index (κ2) is 3.59. The highest BCUT2D eigenvalue weighted by Crippen LogP contribution is 2.16. The van der Waals surface area contributed by atoms with Gasteiger partial charge in [-0.25, -0.2) is 0 Å². The van der Waals surface area contributed by atoms with Crippen LogP contribution in [-0.4, -0.2) is 23.9 Å². The minimum atomic E-state index is 0.478. The Hall–Kier alpha value is -0.530. The normalized spacial score (nSPS) is 26.5. The molecule has 1 heterocycles. The van der Waals surface area contributed by atoms with Crippen molar-refractivity contribution in [2.75, 3.05) is 6.54 Å². The van der Waals surface area contributed by atoms with Gasteiger partial charge in [0.25, 0.3) is 0 Å². The summed E-state index contributed by atoms with van der Waals surface area (Å²) in [5.41, 5.74) is 0. The number of hydrogen-bond acceptors (Lipinski definition) is 1. The standard InChI is InChI=1S/C8H14NO/c1-2-8-5-3-4-6-9(8)7-10/h8H,2-6H2,1H3. The van der Waals surface area contributed by atoms with Crippen molar-refractivity contribution >= 4 is 6.41 Å². The minimum Gasteiger partial charge on any atom is -0.331 e. The number of piperidine rings is 1. The predicted molar refractivity (Wildman–Crippen MR) is 40.3 cm³/mol. The van der Waals surface area contributed by atoms with Crippen LogP contribution in [0.25, 0.3) is 0 Å². The Balaban J connectivity index is 2.41. The molecule has 0 aromatic heterocycles. The molecule has 1 radical (unpaired) electrons. The van der Waals surface area contributed by atoms with Crippen molar-refractivity contribution in [1.29, 1.82) is 0 Å². The molecule has 1 fully saturated rings. The first kappa shape index (κ1) is 7.58. The molecule has 0 saturated carbocycles. The van der Waals surface area contributed by atoms with Crippen molar-refractivity contribution in [1.82, 2.24) is 4.90 Å². The number of likely N-dealkylation sites (tertiary alicyclic amines) is 1. The summed E-state index contributed by atoms with van der Waals surface area (Å²) in [6.07, 6.45) is 6.67. The highest BCUT2D eigenvalue weighted by Gasteiger charge is 2.18. The number of hydrogen-bond donors (Lipinski definition) is 0. The molecule has 0 aliphatic carbocycles. The van der Waals surface area contributed by atoms with Crippen molar-refractivity contribution in [3.63, 3.8) is 0 Å². The fourth-order valence-electron chi connectivity index (χ4n) is 1.55. The fourth-order valence-corrected chi connectivity index (χ4v) is 1.55. The molecular formula is C8H14NO. The van der Waals surface area contributed by atoms with Crippen LogP contribution in [0.4, 0.5) is 0 Å². The van der Waals surface area contributed by atoms with Crippen LogP contribution in [0, 0.1) is 0 Å². The smallest absolute Gasteiger partial charge is 0.312 e. The van der Waals surface area contributed by atoms with E-state index in [0.717, 1.165) is 19.4 Å². The van der Waals surface area contributed by atoms with E-state index in [1.165, 1.54) is 12.8 Å². The Morgan fingerprint density at radius 1 is 1.60 bits per heavy atom. The Bertz CT molecular complexity index is 114. The molecule has 2 nitrogen and oxygen atoms in total. The first-order chi connectivity index (χ1) is 4.88. The van der Waals surface area contributed by atoms with Gasteiger partial charge in [-0.2, -0.15) is 0 Å². The van der Waals surface area contributed by atoms with Gasteiger partial charge in [0.15, 0.2) is 0 Å². The Morgan fingerprint density at radius 2 is 2.40 bits per heavy atom. The van der Waals surface area contributed by atoms with Crippen molar-refractivity contribution in [2.45, 2.75) is 38.6 Å². The van der Waals surface area contributed by atoms with E-state index >= 15 is 0 Å². The van der Waals surface area contributed by atoms with Crippen molar-refractivity contribution in [3.8, 4) is 0 Å². The molecule has 1 aliphatic rings. The molecule has 1 unspecified atom stereocenters. The van der Waals surface area contributed by atoms with Crippen LogP contribution in [0.15, 0.2) is 0 Å². The summed E-state index contributed by atoms with van der Waals surface area (Å²) >= 11 is 0. The van der Waals surface area contributed by atoms with E-state index < -0.39 is 0 Å². The minimum absolute atomic E-state index is 0.478. The SMILES string of the molecule is CCC1CCCCN1[C]=O. The third-order valence-electron chi connectivity index (χ3n) is 2.22. The van der Waals surface area contributed by atoms with Crippen molar-refractivity contribution < 1.29 is 4.79 Å². The molecule has 0 bridgehead atoms. The van der Waals surface area contributed by atoms with Crippen LogP contribution >= 0.6 is 0 Å². The van der Waals surface area contributed by atoms with Gasteiger partial charge < -0.3 is 4.90 Å². The summed E-state index contributed by atoms with van der Waals surface area (Å²) in [7, 11) is 0. The molecule has 1 saturated heterocycles. The summed E-state index contributed by atoms with van der Waals surface area (Å²) in [5, 5.41) is 0. The maximum atomic E-state index is 10.3. The number of rotatable bonds is 2. The molecule has 0 aromatic carbocycles. The van der Waals surface area contributed by atoms with Crippen molar-refractivity contribution in [3.05, 3.63) is 0 Å². The average Bonchev–Trinajstić information content (AvgIpc) is 2.04. The topological polar surface area (TPSA) is 20.3 Å². The van der Waals surface area contributed by atoms with Gasteiger partial charge in [-0.15, -0.1) is 0 Å². The van der Waals surface area contributed by atoms with Crippen LogP contribution in [0.3, 0.4) is 0 Å². The van der Waals surface area contributed by atoms with Crippen LogP contribution in [-0.2, 0) is 4.79 Å². The van der Waals surface area contributed by atoms with Crippen LogP contribution in [0.1, 0.15) is 32.6 Å². The highest BCUT2D eigenvalue weighted by atomic mass is 16.1. The fraction of sp³-hybridized carbons (Fsp3) is 0.875. The molecule has 1 rings (SSSR count). The monoisotopic (exact) mass is 140 g/mol. The number of carbonyl (C=O) groups excluding carboxylic acids is 1. The molecule has 0 aromatic rings. The first-order valence-electron chi connectivity index (χ1n) is 4.03. The summed E-state index contributed by atoms with van der Waals surface area (Å²) in [6, 6.07) is 0.478. The maximum absolute atomic E-state index is 10.3. The predicted octanol–water partition coefficient (Wildman–Crippen LogP) is 1.32. The molecule has 0 N–H and O–H groups in total. The van der Waals surface area contributed by atoms with Gasteiger partial charge in [0.2, 0.25) is 0 Å². The molecule has 1 amide bonds. The summed E-state index contributed by atoms with van der Waals surface area (Å²) in [6.45, 7) is 3.04. The third kappa shape index (κ3) is 1.49. The van der Waals surface area contributed by atoms with Gasteiger partial charge in [0.05, 0.1) is 0 Å². The zero-order valence-corrected chi connectivity index (χ0v) is 6.47. The second-order valence-corrected chi connectivity index (χ2v) is 2.84. The zero-order valence-electron chi connectivity index (χ0n) is 6.47. The summed E-state index contributed by atoms with van der Waals surface area (Å²) in [5.74, 6) is 0. The number of amides is 1. The van der Waals surface area contributed by atoms with Crippen LogP contribution < -0.4 is 0 Å². The Labute approximate surface area is 62.2 Å². The van der Waals surface area contributed by atoms with Gasteiger partial charge in [-0.05, 0) is 25.7 Å². The van der Waals surface area contributed by atoms with Gasteiger partial charge in [0, 0.05) is 12.6 Å². The lowest BCUT2D eigenvalue weighted by atomic mass is 10.0. The third-order valence-corrected chi connectivity index (χ3v) is 2.22. The van der Waals surface area contributed by atoms with E-state index in [2.05, 4.69) is 6.92 Å². The number of nitrogens with zero attached hydrogens (tertiary/aromatic N) is 1. The molecule has 10 heavy (non-hydrogen) atoms. The van der Waals surface area contributed by atoms with E-state index in [1.807, 2.05) is 11.3 Å². The Kier molecular flexibility index (Phi) is 2.72. The first-order valence-corrected chi connectivity index (χ1v) is 4.03. The second-order valence-electron chi connectivity index (χ2n) is 2.84. The molecule has 0 spiro atoms. The van der Waals surface area contributed by atoms with E-state index in [4.69, 9.17) is 0 Å². The van der Waals surface area contributed by atoms with Gasteiger partial charge in [0.1, 0.15) is 0 Å². The van der Waals surface area contributed by atoms with E-state index in [1.54, 1.807) is 0 Å². The van der Waals surface area contributed by atoms with E-state index in [9.17, 15) is 4.79 Å². The quantitative estimate of drug-likeness (QED) is 0.566. The summed E-state index contributed by atoms with van der Waals surface area (Å²) in [4.78, 5) is 12.1. The van der Waals surface area contributed by atoms with Gasteiger partial charge in [-0.1, -0.05) is 6.92 Å². The molecule has 57 valence electrons. The lowest BCUT2D eigenvalue weighted by molar-refractivity contribution is 0.226. The molecule has 2 heteroatoms.